The lowest BCUT2D eigenvalue weighted by molar-refractivity contribution is -0.119. The minimum atomic E-state index is -0.764. The van der Waals surface area contributed by atoms with Crippen LogP contribution in [0.1, 0.15) is 27.0 Å². The maximum absolute atomic E-state index is 13.1. The third-order valence-electron chi connectivity index (χ3n) is 4.54. The number of thiazole rings is 1. The Bertz CT molecular complexity index is 1320. The lowest BCUT2D eigenvalue weighted by Crippen LogP contribution is -2.46. The predicted molar refractivity (Wildman–Crippen MR) is 125 cm³/mol. The molecule has 0 spiro atoms. The highest BCUT2D eigenvalue weighted by Crippen LogP contribution is 2.32. The molecular weight excluding hydrogens is 426 g/mol. The SMILES string of the molecule is CC(=O)NN(C(=O)c1ccccc1)c1nc(Nc2ccc3ccccc3c2)sc1C(N)=O. The quantitative estimate of drug-likeness (QED) is 0.404. The van der Waals surface area contributed by atoms with Crippen molar-refractivity contribution >= 4 is 56.5 Å². The Morgan fingerprint density at radius 1 is 0.938 bits per heavy atom. The third-order valence-corrected chi connectivity index (χ3v) is 5.51. The molecule has 160 valence electrons. The summed E-state index contributed by atoms with van der Waals surface area (Å²) in [6.07, 6.45) is 0. The molecule has 1 heterocycles. The molecule has 0 aliphatic heterocycles. The van der Waals surface area contributed by atoms with Gasteiger partial charge in [-0.2, -0.15) is 9.99 Å². The molecule has 1 aromatic heterocycles. The number of carbonyl (C=O) groups is 3. The molecule has 0 saturated carbocycles. The molecule has 9 heteroatoms. The number of amides is 3. The zero-order valence-corrected chi connectivity index (χ0v) is 17.8. The van der Waals surface area contributed by atoms with Crippen molar-refractivity contribution in [1.82, 2.24) is 10.4 Å². The lowest BCUT2D eigenvalue weighted by Gasteiger charge is -2.21. The van der Waals surface area contributed by atoms with Crippen LogP contribution in [0, 0.1) is 0 Å². The zero-order valence-electron chi connectivity index (χ0n) is 17.0. The Balaban J connectivity index is 1.72. The zero-order chi connectivity index (χ0) is 22.7. The molecule has 0 radical (unpaired) electrons. The molecule has 0 bridgehead atoms. The average molecular weight is 446 g/mol. The van der Waals surface area contributed by atoms with Gasteiger partial charge in [-0.25, -0.2) is 0 Å². The first-order valence-electron chi connectivity index (χ1n) is 9.65. The molecule has 0 saturated heterocycles. The summed E-state index contributed by atoms with van der Waals surface area (Å²) >= 11 is 0.994. The van der Waals surface area contributed by atoms with Gasteiger partial charge in [0.15, 0.2) is 10.9 Å². The van der Waals surface area contributed by atoms with Crippen molar-refractivity contribution in [3.63, 3.8) is 0 Å². The van der Waals surface area contributed by atoms with E-state index in [0.717, 1.165) is 32.8 Å². The Hall–Kier alpha value is -4.24. The van der Waals surface area contributed by atoms with E-state index in [4.69, 9.17) is 5.73 Å². The first kappa shape index (κ1) is 21.0. The van der Waals surface area contributed by atoms with Crippen molar-refractivity contribution in [2.75, 3.05) is 10.3 Å². The van der Waals surface area contributed by atoms with Crippen LogP contribution in [-0.4, -0.2) is 22.7 Å². The van der Waals surface area contributed by atoms with Crippen molar-refractivity contribution in [1.29, 1.82) is 0 Å². The molecule has 0 aliphatic rings. The number of anilines is 3. The maximum atomic E-state index is 13.1. The average Bonchev–Trinajstić information content (AvgIpc) is 3.21. The first-order valence-corrected chi connectivity index (χ1v) is 10.5. The summed E-state index contributed by atoms with van der Waals surface area (Å²) in [5.74, 6) is -1.86. The molecule has 32 heavy (non-hydrogen) atoms. The molecule has 4 N–H and O–H groups in total. The van der Waals surface area contributed by atoms with E-state index >= 15 is 0 Å². The highest BCUT2D eigenvalue weighted by Gasteiger charge is 2.28. The number of rotatable bonds is 5. The molecule has 0 unspecified atom stereocenters. The van der Waals surface area contributed by atoms with E-state index in [-0.39, 0.29) is 10.7 Å². The highest BCUT2D eigenvalue weighted by atomic mass is 32.1. The molecule has 0 fully saturated rings. The van der Waals surface area contributed by atoms with E-state index in [9.17, 15) is 14.4 Å². The number of nitrogens with two attached hydrogens (primary N) is 1. The molecule has 8 nitrogen and oxygen atoms in total. The standard InChI is InChI=1S/C23H19N5O3S/c1-14(29)27-28(22(31)16-8-3-2-4-9-16)21-19(20(24)30)32-23(26-21)25-18-12-11-15-7-5-6-10-17(15)13-18/h2-13H,1H3,(H2,24,30)(H,25,26)(H,27,29). The monoisotopic (exact) mass is 445 g/mol. The van der Waals surface area contributed by atoms with Crippen LogP contribution in [-0.2, 0) is 4.79 Å². The van der Waals surface area contributed by atoms with E-state index < -0.39 is 17.7 Å². The van der Waals surface area contributed by atoms with Gasteiger partial charge in [0.05, 0.1) is 0 Å². The highest BCUT2D eigenvalue weighted by molar-refractivity contribution is 7.18. The number of nitrogens with one attached hydrogen (secondary N) is 2. The number of hydrogen-bond acceptors (Lipinski definition) is 6. The van der Waals surface area contributed by atoms with Gasteiger partial charge >= 0.3 is 0 Å². The fraction of sp³-hybridized carbons (Fsp3) is 0.0435. The van der Waals surface area contributed by atoms with Gasteiger partial charge in [-0.3, -0.25) is 19.8 Å². The summed E-state index contributed by atoms with van der Waals surface area (Å²) in [5.41, 5.74) is 9.06. The number of aromatic nitrogens is 1. The number of carbonyl (C=O) groups excluding carboxylic acids is 3. The number of nitrogens with zero attached hydrogens (tertiary/aromatic N) is 2. The van der Waals surface area contributed by atoms with Crippen LogP contribution in [0.3, 0.4) is 0 Å². The Kier molecular flexibility index (Phi) is 5.82. The van der Waals surface area contributed by atoms with Gasteiger partial charge < -0.3 is 11.1 Å². The molecule has 3 amide bonds. The van der Waals surface area contributed by atoms with Crippen LogP contribution in [0.4, 0.5) is 16.6 Å². The summed E-state index contributed by atoms with van der Waals surface area (Å²) in [5, 5.41) is 6.55. The number of hydrogen-bond donors (Lipinski definition) is 3. The minimum Gasteiger partial charge on any atom is -0.365 e. The molecule has 0 aliphatic carbocycles. The number of benzene rings is 3. The van der Waals surface area contributed by atoms with Gasteiger partial charge in [-0.05, 0) is 35.0 Å². The second-order valence-electron chi connectivity index (χ2n) is 6.90. The smallest absolute Gasteiger partial charge is 0.278 e. The molecule has 4 rings (SSSR count). The van der Waals surface area contributed by atoms with Gasteiger partial charge in [-0.15, -0.1) is 0 Å². The molecule has 4 aromatic rings. The van der Waals surface area contributed by atoms with Gasteiger partial charge in [0.25, 0.3) is 11.8 Å². The summed E-state index contributed by atoms with van der Waals surface area (Å²) < 4.78 is 0. The van der Waals surface area contributed by atoms with Crippen molar-refractivity contribution in [2.24, 2.45) is 5.73 Å². The van der Waals surface area contributed by atoms with Gasteiger partial charge in [0.1, 0.15) is 4.88 Å². The van der Waals surface area contributed by atoms with Crippen LogP contribution in [0.15, 0.2) is 72.8 Å². The molecule has 3 aromatic carbocycles. The summed E-state index contributed by atoms with van der Waals surface area (Å²) in [6.45, 7) is 1.26. The van der Waals surface area contributed by atoms with E-state index in [0.29, 0.717) is 10.7 Å². The normalized spacial score (nSPS) is 10.5. The number of fused-ring (bicyclic) bond motifs is 1. The van der Waals surface area contributed by atoms with Gasteiger partial charge in [-0.1, -0.05) is 59.9 Å². The van der Waals surface area contributed by atoms with E-state index in [2.05, 4.69) is 15.7 Å². The first-order chi connectivity index (χ1) is 15.4. The van der Waals surface area contributed by atoms with Crippen LogP contribution >= 0.6 is 11.3 Å². The predicted octanol–water partition coefficient (Wildman–Crippen LogP) is 3.84. The van der Waals surface area contributed by atoms with E-state index in [1.54, 1.807) is 30.3 Å². The van der Waals surface area contributed by atoms with E-state index in [1.807, 2.05) is 42.5 Å². The second kappa shape index (κ2) is 8.86. The van der Waals surface area contributed by atoms with Gasteiger partial charge in [0, 0.05) is 18.2 Å². The maximum Gasteiger partial charge on any atom is 0.278 e. The summed E-state index contributed by atoms with van der Waals surface area (Å²) in [7, 11) is 0. The van der Waals surface area contributed by atoms with Crippen molar-refractivity contribution < 1.29 is 14.4 Å². The fourth-order valence-electron chi connectivity index (χ4n) is 3.14. The Morgan fingerprint density at radius 3 is 2.31 bits per heavy atom. The topological polar surface area (TPSA) is 117 Å². The van der Waals surface area contributed by atoms with Crippen molar-refractivity contribution in [2.45, 2.75) is 6.92 Å². The summed E-state index contributed by atoms with van der Waals surface area (Å²) in [6, 6.07) is 22.0. The van der Waals surface area contributed by atoms with Crippen LogP contribution in [0.2, 0.25) is 0 Å². The lowest BCUT2D eigenvalue weighted by atomic mass is 10.1. The van der Waals surface area contributed by atoms with Crippen molar-refractivity contribution in [3.05, 3.63) is 83.2 Å². The van der Waals surface area contributed by atoms with Crippen LogP contribution in [0.5, 0.6) is 0 Å². The van der Waals surface area contributed by atoms with Crippen molar-refractivity contribution in [3.8, 4) is 0 Å². The van der Waals surface area contributed by atoms with Crippen LogP contribution < -0.4 is 21.5 Å². The second-order valence-corrected chi connectivity index (χ2v) is 7.90. The van der Waals surface area contributed by atoms with E-state index in [1.165, 1.54) is 6.92 Å². The number of primary amides is 1. The molecular formula is C23H19N5O3S. The molecule has 0 atom stereocenters. The minimum absolute atomic E-state index is 0.0336. The third kappa shape index (κ3) is 4.42. The van der Waals surface area contributed by atoms with Gasteiger partial charge in [0.2, 0.25) is 5.91 Å². The van der Waals surface area contributed by atoms with Crippen LogP contribution in [0.25, 0.3) is 10.8 Å². The fourth-order valence-corrected chi connectivity index (χ4v) is 3.96. The number of hydrazine groups is 1. The summed E-state index contributed by atoms with van der Waals surface area (Å²) in [4.78, 5) is 41.4. The largest absolute Gasteiger partial charge is 0.365 e. The Morgan fingerprint density at radius 2 is 1.62 bits per heavy atom. The Labute approximate surface area is 187 Å².